The fourth-order valence-corrected chi connectivity index (χ4v) is 1.42. The van der Waals surface area contributed by atoms with Gasteiger partial charge in [-0.15, -0.1) is 0 Å². The molecule has 70 valence electrons. The molecule has 0 radical (unpaired) electrons. The lowest BCUT2D eigenvalue weighted by atomic mass is 10.2. The number of nitrogens with zero attached hydrogens (tertiary/aromatic N) is 3. The van der Waals surface area contributed by atoms with Crippen molar-refractivity contribution in [2.75, 3.05) is 0 Å². The monoisotopic (exact) mass is 225 g/mol. The largest absolute Gasteiger partial charge is 0.225 e. The highest BCUT2D eigenvalue weighted by atomic mass is 35.5. The molecule has 5 heteroatoms. The molecule has 0 saturated heterocycles. The van der Waals surface area contributed by atoms with Crippen molar-refractivity contribution in [3.8, 4) is 11.4 Å². The van der Waals surface area contributed by atoms with Crippen LogP contribution in [0.1, 0.15) is 0 Å². The molecule has 1 aromatic carbocycles. The van der Waals surface area contributed by atoms with Crippen LogP contribution in [0.2, 0.25) is 10.0 Å². The second-order valence-electron chi connectivity index (χ2n) is 2.59. The summed E-state index contributed by atoms with van der Waals surface area (Å²) in [5.74, 6) is 0.521. The van der Waals surface area contributed by atoms with Crippen LogP contribution in [0.4, 0.5) is 0 Å². The van der Waals surface area contributed by atoms with Crippen molar-refractivity contribution >= 4 is 23.2 Å². The number of aromatic nitrogens is 3. The summed E-state index contributed by atoms with van der Waals surface area (Å²) in [4.78, 5) is 11.7. The lowest BCUT2D eigenvalue weighted by Crippen LogP contribution is -1.89. The van der Waals surface area contributed by atoms with Crippen LogP contribution in [0.5, 0.6) is 0 Å². The summed E-state index contributed by atoms with van der Waals surface area (Å²) in [6.45, 7) is 0. The molecule has 0 amide bonds. The van der Waals surface area contributed by atoms with E-state index in [4.69, 9.17) is 23.2 Å². The first-order valence-electron chi connectivity index (χ1n) is 3.85. The molecular weight excluding hydrogens is 221 g/mol. The van der Waals surface area contributed by atoms with Gasteiger partial charge in [-0.25, -0.2) is 15.0 Å². The van der Waals surface area contributed by atoms with Crippen LogP contribution in [-0.2, 0) is 0 Å². The Morgan fingerprint density at radius 3 is 2.43 bits per heavy atom. The standard InChI is InChI=1S/C9H5Cl2N3/c10-6-1-2-8(11)7(3-6)9-13-4-12-5-14-9/h1-5H. The third-order valence-electron chi connectivity index (χ3n) is 1.66. The Labute approximate surface area is 90.8 Å². The normalized spacial score (nSPS) is 10.1. The number of halogens is 2. The Hall–Kier alpha value is -1.19. The minimum absolute atomic E-state index is 0.521. The van der Waals surface area contributed by atoms with Gasteiger partial charge in [-0.3, -0.25) is 0 Å². The van der Waals surface area contributed by atoms with Gasteiger partial charge < -0.3 is 0 Å². The molecule has 1 aromatic heterocycles. The van der Waals surface area contributed by atoms with Crippen molar-refractivity contribution in [1.82, 2.24) is 15.0 Å². The van der Waals surface area contributed by atoms with Crippen molar-refractivity contribution in [3.63, 3.8) is 0 Å². The molecule has 1 heterocycles. The quantitative estimate of drug-likeness (QED) is 0.750. The molecule has 0 aliphatic rings. The second kappa shape index (κ2) is 3.90. The van der Waals surface area contributed by atoms with Crippen molar-refractivity contribution < 1.29 is 0 Å². The molecule has 14 heavy (non-hydrogen) atoms. The molecule has 0 fully saturated rings. The zero-order valence-electron chi connectivity index (χ0n) is 6.98. The third-order valence-corrected chi connectivity index (χ3v) is 2.23. The highest BCUT2D eigenvalue weighted by Crippen LogP contribution is 2.27. The van der Waals surface area contributed by atoms with Crippen LogP contribution in [-0.4, -0.2) is 15.0 Å². The van der Waals surface area contributed by atoms with Crippen molar-refractivity contribution in [1.29, 1.82) is 0 Å². The van der Waals surface area contributed by atoms with Gasteiger partial charge in [0.05, 0.1) is 5.02 Å². The lowest BCUT2D eigenvalue weighted by Gasteiger charge is -2.01. The topological polar surface area (TPSA) is 38.7 Å². The van der Waals surface area contributed by atoms with E-state index in [1.807, 2.05) is 0 Å². The Balaban J connectivity index is 2.57. The van der Waals surface area contributed by atoms with Gasteiger partial charge >= 0.3 is 0 Å². The maximum atomic E-state index is 5.97. The fraction of sp³-hybridized carbons (Fsp3) is 0. The van der Waals surface area contributed by atoms with Crippen molar-refractivity contribution in [2.24, 2.45) is 0 Å². The smallest absolute Gasteiger partial charge is 0.164 e. The molecule has 0 spiro atoms. The number of hydrogen-bond donors (Lipinski definition) is 0. The van der Waals surface area contributed by atoms with Crippen LogP contribution in [0.3, 0.4) is 0 Å². The zero-order valence-corrected chi connectivity index (χ0v) is 8.50. The highest BCUT2D eigenvalue weighted by Gasteiger charge is 2.05. The first-order valence-corrected chi connectivity index (χ1v) is 4.60. The van der Waals surface area contributed by atoms with E-state index >= 15 is 0 Å². The minimum Gasteiger partial charge on any atom is -0.225 e. The third kappa shape index (κ3) is 1.84. The Morgan fingerprint density at radius 2 is 1.71 bits per heavy atom. The summed E-state index contributed by atoms with van der Waals surface area (Å²) < 4.78 is 0. The highest BCUT2D eigenvalue weighted by molar-refractivity contribution is 6.35. The molecule has 3 nitrogen and oxygen atoms in total. The van der Waals surface area contributed by atoms with Crippen molar-refractivity contribution in [3.05, 3.63) is 40.9 Å². The van der Waals surface area contributed by atoms with Gasteiger partial charge in [0.25, 0.3) is 0 Å². The fourth-order valence-electron chi connectivity index (χ4n) is 1.05. The number of rotatable bonds is 1. The Kier molecular flexibility index (Phi) is 2.61. The molecule has 0 unspecified atom stereocenters. The number of hydrogen-bond acceptors (Lipinski definition) is 3. The Morgan fingerprint density at radius 1 is 1.00 bits per heavy atom. The van der Waals surface area contributed by atoms with Crippen LogP contribution < -0.4 is 0 Å². The van der Waals surface area contributed by atoms with E-state index in [1.165, 1.54) is 12.7 Å². The van der Waals surface area contributed by atoms with Crippen LogP contribution >= 0.6 is 23.2 Å². The van der Waals surface area contributed by atoms with Gasteiger partial charge in [-0.2, -0.15) is 0 Å². The van der Waals surface area contributed by atoms with Gasteiger partial charge in [0.2, 0.25) is 0 Å². The summed E-state index contributed by atoms with van der Waals surface area (Å²) in [5, 5.41) is 1.17. The van der Waals surface area contributed by atoms with Gasteiger partial charge in [0.1, 0.15) is 12.7 Å². The van der Waals surface area contributed by atoms with Gasteiger partial charge in [-0.05, 0) is 18.2 Å². The van der Waals surface area contributed by atoms with Crippen LogP contribution in [0.15, 0.2) is 30.9 Å². The molecule has 0 bridgehead atoms. The predicted octanol–water partition coefficient (Wildman–Crippen LogP) is 2.85. The SMILES string of the molecule is Clc1ccc(Cl)c(-c2ncncn2)c1. The van der Waals surface area contributed by atoms with Gasteiger partial charge in [0.15, 0.2) is 5.82 Å². The zero-order chi connectivity index (χ0) is 9.97. The minimum atomic E-state index is 0.521. The average molecular weight is 226 g/mol. The lowest BCUT2D eigenvalue weighted by molar-refractivity contribution is 1.06. The second-order valence-corrected chi connectivity index (χ2v) is 3.43. The van der Waals surface area contributed by atoms with Crippen LogP contribution in [0, 0.1) is 0 Å². The molecular formula is C9H5Cl2N3. The first kappa shape index (κ1) is 9.37. The molecule has 0 atom stereocenters. The first-order chi connectivity index (χ1) is 6.77. The summed E-state index contributed by atoms with van der Waals surface area (Å²) in [6, 6.07) is 5.15. The van der Waals surface area contributed by atoms with E-state index in [2.05, 4.69) is 15.0 Å². The number of benzene rings is 1. The molecule has 2 aromatic rings. The molecule has 0 saturated carbocycles. The van der Waals surface area contributed by atoms with Gasteiger partial charge in [-0.1, -0.05) is 23.2 Å². The summed E-state index contributed by atoms with van der Waals surface area (Å²) in [5.41, 5.74) is 0.710. The maximum absolute atomic E-state index is 5.97. The Bertz CT molecular complexity index is 445. The molecule has 0 N–H and O–H groups in total. The van der Waals surface area contributed by atoms with Crippen molar-refractivity contribution in [2.45, 2.75) is 0 Å². The summed E-state index contributed by atoms with van der Waals surface area (Å²) in [7, 11) is 0. The molecule has 2 rings (SSSR count). The van der Waals surface area contributed by atoms with E-state index in [0.29, 0.717) is 21.4 Å². The van der Waals surface area contributed by atoms with E-state index in [0.717, 1.165) is 0 Å². The van der Waals surface area contributed by atoms with E-state index in [9.17, 15) is 0 Å². The van der Waals surface area contributed by atoms with E-state index in [1.54, 1.807) is 18.2 Å². The van der Waals surface area contributed by atoms with E-state index < -0.39 is 0 Å². The average Bonchev–Trinajstić information content (AvgIpc) is 2.23. The summed E-state index contributed by atoms with van der Waals surface area (Å²) >= 11 is 11.8. The molecule has 0 aliphatic carbocycles. The van der Waals surface area contributed by atoms with Crippen LogP contribution in [0.25, 0.3) is 11.4 Å². The molecule has 0 aliphatic heterocycles. The summed E-state index contributed by atoms with van der Waals surface area (Å²) in [6.07, 6.45) is 2.83. The predicted molar refractivity (Wildman–Crippen MR) is 55.3 cm³/mol. The van der Waals surface area contributed by atoms with Gasteiger partial charge in [0, 0.05) is 10.6 Å². The maximum Gasteiger partial charge on any atom is 0.164 e. The van der Waals surface area contributed by atoms with E-state index in [-0.39, 0.29) is 0 Å².